The Hall–Kier alpha value is -1.46. The van der Waals surface area contributed by atoms with Crippen molar-refractivity contribution in [1.29, 1.82) is 0 Å². The molecule has 2 rings (SSSR count). The van der Waals surface area contributed by atoms with Gasteiger partial charge in [0.05, 0.1) is 12.1 Å². The minimum atomic E-state index is -0.323. The molecule has 2 N–H and O–H groups in total. The molecule has 1 atom stereocenters. The van der Waals surface area contributed by atoms with E-state index in [1.807, 2.05) is 11.8 Å². The predicted molar refractivity (Wildman–Crippen MR) is 71.3 cm³/mol. The Bertz CT molecular complexity index is 428. The van der Waals surface area contributed by atoms with Gasteiger partial charge in [0.2, 0.25) is 5.91 Å². The molecule has 5 heteroatoms. The van der Waals surface area contributed by atoms with E-state index in [4.69, 9.17) is 0 Å². The summed E-state index contributed by atoms with van der Waals surface area (Å²) in [6, 6.07) is 5.46. The molecule has 1 fully saturated rings. The highest BCUT2D eigenvalue weighted by Gasteiger charge is 2.25. The average molecular weight is 266 g/mol. The Morgan fingerprint density at radius 3 is 2.53 bits per heavy atom. The van der Waals surface area contributed by atoms with Crippen molar-refractivity contribution in [3.63, 3.8) is 0 Å². The van der Waals surface area contributed by atoms with Crippen LogP contribution in [0.25, 0.3) is 0 Å². The first kappa shape index (κ1) is 14.0. The average Bonchev–Trinajstić information content (AvgIpc) is 2.41. The lowest BCUT2D eigenvalue weighted by Crippen LogP contribution is -2.47. The number of likely N-dealkylation sites (tertiary alicyclic amines) is 1. The Labute approximate surface area is 112 Å². The zero-order valence-corrected chi connectivity index (χ0v) is 11.0. The van der Waals surface area contributed by atoms with Crippen molar-refractivity contribution in [2.24, 2.45) is 0 Å². The molecule has 1 aromatic carbocycles. The highest BCUT2D eigenvalue weighted by atomic mass is 19.1. The molecule has 0 aliphatic carbocycles. The van der Waals surface area contributed by atoms with Crippen LogP contribution in [0.3, 0.4) is 0 Å². The molecule has 104 valence electrons. The summed E-state index contributed by atoms with van der Waals surface area (Å²) >= 11 is 0. The topological polar surface area (TPSA) is 52.6 Å². The van der Waals surface area contributed by atoms with Gasteiger partial charge in [-0.15, -0.1) is 0 Å². The van der Waals surface area contributed by atoms with Crippen LogP contribution >= 0.6 is 0 Å². The van der Waals surface area contributed by atoms with Gasteiger partial charge in [-0.3, -0.25) is 9.69 Å². The van der Waals surface area contributed by atoms with Crippen molar-refractivity contribution in [3.05, 3.63) is 30.1 Å². The number of benzene rings is 1. The zero-order valence-electron chi connectivity index (χ0n) is 11.0. The van der Waals surface area contributed by atoms with E-state index in [1.54, 1.807) is 12.1 Å². The molecule has 4 nitrogen and oxygen atoms in total. The lowest BCUT2D eigenvalue weighted by atomic mass is 10.1. The maximum Gasteiger partial charge on any atom is 0.241 e. The van der Waals surface area contributed by atoms with Crippen LogP contribution in [0.5, 0.6) is 0 Å². The number of hydrogen-bond donors (Lipinski definition) is 2. The van der Waals surface area contributed by atoms with Crippen molar-refractivity contribution < 1.29 is 14.3 Å². The lowest BCUT2D eigenvalue weighted by molar-refractivity contribution is -0.121. The summed E-state index contributed by atoms with van der Waals surface area (Å²) in [6.45, 7) is 3.29. The maximum atomic E-state index is 12.8. The molecule has 1 heterocycles. The van der Waals surface area contributed by atoms with E-state index in [-0.39, 0.29) is 23.9 Å². The number of nitrogens with one attached hydrogen (secondary N) is 1. The van der Waals surface area contributed by atoms with Crippen molar-refractivity contribution in [3.8, 4) is 0 Å². The first-order valence-corrected chi connectivity index (χ1v) is 6.55. The lowest BCUT2D eigenvalue weighted by Gasteiger charge is -2.33. The maximum absolute atomic E-state index is 12.8. The van der Waals surface area contributed by atoms with Crippen molar-refractivity contribution in [2.75, 3.05) is 18.4 Å². The molecule has 0 bridgehead atoms. The van der Waals surface area contributed by atoms with E-state index < -0.39 is 0 Å². The van der Waals surface area contributed by atoms with Crippen LogP contribution in [0.2, 0.25) is 0 Å². The fourth-order valence-corrected chi connectivity index (χ4v) is 2.22. The van der Waals surface area contributed by atoms with Crippen LogP contribution in [0.1, 0.15) is 19.8 Å². The van der Waals surface area contributed by atoms with E-state index in [2.05, 4.69) is 5.32 Å². The molecule has 0 aromatic heterocycles. The summed E-state index contributed by atoms with van der Waals surface area (Å²) < 4.78 is 12.8. The number of carbonyl (C=O) groups excluding carboxylic acids is 1. The number of aliphatic hydroxyl groups is 1. The molecule has 1 aromatic rings. The number of anilines is 1. The van der Waals surface area contributed by atoms with Gasteiger partial charge in [-0.05, 0) is 44.0 Å². The summed E-state index contributed by atoms with van der Waals surface area (Å²) in [5.74, 6) is -0.431. The molecular weight excluding hydrogens is 247 g/mol. The Morgan fingerprint density at radius 2 is 1.95 bits per heavy atom. The minimum Gasteiger partial charge on any atom is -0.393 e. The van der Waals surface area contributed by atoms with Gasteiger partial charge in [-0.1, -0.05) is 0 Å². The van der Waals surface area contributed by atoms with Crippen LogP contribution in [0, 0.1) is 5.82 Å². The SMILES string of the molecule is CC(C(=O)Nc1ccc(F)cc1)N1CCC(O)CC1. The largest absolute Gasteiger partial charge is 0.393 e. The third kappa shape index (κ3) is 3.75. The second-order valence-electron chi connectivity index (χ2n) is 4.94. The molecule has 1 amide bonds. The van der Waals surface area contributed by atoms with Crippen molar-refractivity contribution >= 4 is 11.6 Å². The van der Waals surface area contributed by atoms with Crippen LogP contribution in [0.4, 0.5) is 10.1 Å². The number of rotatable bonds is 3. The predicted octanol–water partition coefficient (Wildman–Crippen LogP) is 1.61. The number of hydrogen-bond acceptors (Lipinski definition) is 3. The molecule has 1 saturated heterocycles. The molecule has 0 saturated carbocycles. The van der Waals surface area contributed by atoms with Gasteiger partial charge in [0.15, 0.2) is 0 Å². The van der Waals surface area contributed by atoms with E-state index in [0.717, 1.165) is 13.1 Å². The van der Waals surface area contributed by atoms with Crippen molar-refractivity contribution in [2.45, 2.75) is 31.9 Å². The molecule has 0 spiro atoms. The van der Waals surface area contributed by atoms with E-state index in [1.165, 1.54) is 12.1 Å². The zero-order chi connectivity index (χ0) is 13.8. The highest BCUT2D eigenvalue weighted by Crippen LogP contribution is 2.15. The van der Waals surface area contributed by atoms with Gasteiger partial charge >= 0.3 is 0 Å². The number of nitrogens with zero attached hydrogens (tertiary/aromatic N) is 1. The first-order chi connectivity index (χ1) is 9.06. The highest BCUT2D eigenvalue weighted by molar-refractivity contribution is 5.94. The van der Waals surface area contributed by atoms with Gasteiger partial charge in [0, 0.05) is 18.8 Å². The van der Waals surface area contributed by atoms with Gasteiger partial charge < -0.3 is 10.4 Å². The summed E-state index contributed by atoms with van der Waals surface area (Å²) in [5, 5.41) is 12.2. The molecule has 1 unspecified atom stereocenters. The summed E-state index contributed by atoms with van der Waals surface area (Å²) in [4.78, 5) is 14.1. The Balaban J connectivity index is 1.90. The standard InChI is InChI=1S/C14H19FN2O2/c1-10(17-8-6-13(18)7-9-17)14(19)16-12-4-2-11(15)3-5-12/h2-5,10,13,18H,6-9H2,1H3,(H,16,19). The van der Waals surface area contributed by atoms with Crippen LogP contribution in [-0.4, -0.2) is 41.1 Å². The van der Waals surface area contributed by atoms with Crippen molar-refractivity contribution in [1.82, 2.24) is 4.90 Å². The number of amides is 1. The number of aliphatic hydroxyl groups excluding tert-OH is 1. The van der Waals surface area contributed by atoms with Gasteiger partial charge in [0.25, 0.3) is 0 Å². The van der Waals surface area contributed by atoms with E-state index >= 15 is 0 Å². The number of halogens is 1. The molecule has 0 radical (unpaired) electrons. The number of piperidine rings is 1. The second-order valence-corrected chi connectivity index (χ2v) is 4.94. The van der Waals surface area contributed by atoms with E-state index in [0.29, 0.717) is 18.5 Å². The second kappa shape index (κ2) is 6.12. The summed E-state index contributed by atoms with van der Waals surface area (Å²) in [7, 11) is 0. The smallest absolute Gasteiger partial charge is 0.241 e. The fraction of sp³-hybridized carbons (Fsp3) is 0.500. The molecule has 19 heavy (non-hydrogen) atoms. The van der Waals surface area contributed by atoms with Gasteiger partial charge in [-0.25, -0.2) is 4.39 Å². The third-order valence-electron chi connectivity index (χ3n) is 3.54. The summed E-state index contributed by atoms with van der Waals surface area (Å²) in [5.41, 5.74) is 0.593. The molecular formula is C14H19FN2O2. The monoisotopic (exact) mass is 266 g/mol. The molecule has 1 aliphatic heterocycles. The molecule has 1 aliphatic rings. The fourth-order valence-electron chi connectivity index (χ4n) is 2.22. The normalized spacial score (nSPS) is 19.1. The van der Waals surface area contributed by atoms with Crippen LogP contribution in [-0.2, 0) is 4.79 Å². The van der Waals surface area contributed by atoms with E-state index in [9.17, 15) is 14.3 Å². The Kier molecular flexibility index (Phi) is 4.50. The summed E-state index contributed by atoms with van der Waals surface area (Å²) in [6.07, 6.45) is 1.16. The van der Waals surface area contributed by atoms with Crippen LogP contribution < -0.4 is 5.32 Å². The van der Waals surface area contributed by atoms with Crippen LogP contribution in [0.15, 0.2) is 24.3 Å². The third-order valence-corrected chi connectivity index (χ3v) is 3.54. The minimum absolute atomic E-state index is 0.108. The number of carbonyl (C=O) groups is 1. The van der Waals surface area contributed by atoms with Gasteiger partial charge in [0.1, 0.15) is 5.82 Å². The van der Waals surface area contributed by atoms with Gasteiger partial charge in [-0.2, -0.15) is 0 Å². The Morgan fingerprint density at radius 1 is 1.37 bits per heavy atom. The first-order valence-electron chi connectivity index (χ1n) is 6.55. The quantitative estimate of drug-likeness (QED) is 0.874.